The molecule has 2 N–H and O–H groups in total. The van der Waals surface area contributed by atoms with E-state index >= 15 is 0 Å². The molecule has 0 aliphatic heterocycles. The van der Waals surface area contributed by atoms with Gasteiger partial charge in [0.25, 0.3) is 0 Å². The van der Waals surface area contributed by atoms with Crippen LogP contribution in [-0.2, 0) is 11.2 Å². The highest BCUT2D eigenvalue weighted by molar-refractivity contribution is 5.74. The van der Waals surface area contributed by atoms with Crippen LogP contribution in [0.2, 0.25) is 0 Å². The maximum absolute atomic E-state index is 11.7. The number of amides is 2. The Morgan fingerprint density at radius 1 is 1.18 bits per heavy atom. The van der Waals surface area contributed by atoms with Gasteiger partial charge in [-0.15, -0.1) is 0 Å². The second-order valence-corrected chi connectivity index (χ2v) is 5.39. The lowest BCUT2D eigenvalue weighted by Gasteiger charge is -2.14. The molecule has 0 radical (unpaired) electrons. The van der Waals surface area contributed by atoms with Gasteiger partial charge in [0.2, 0.25) is 0 Å². The quantitative estimate of drug-likeness (QED) is 0.653. The van der Waals surface area contributed by atoms with Gasteiger partial charge in [0.05, 0.1) is 7.11 Å². The van der Waals surface area contributed by atoms with E-state index in [1.54, 1.807) is 14.2 Å². The van der Waals surface area contributed by atoms with Crippen LogP contribution in [0.5, 0.6) is 5.75 Å². The van der Waals surface area contributed by atoms with Crippen LogP contribution in [0, 0.1) is 0 Å². The molecule has 1 unspecified atom stereocenters. The molecule has 0 spiro atoms. The van der Waals surface area contributed by atoms with E-state index in [-0.39, 0.29) is 12.1 Å². The van der Waals surface area contributed by atoms with E-state index in [4.69, 9.17) is 9.47 Å². The summed E-state index contributed by atoms with van der Waals surface area (Å²) in [5, 5.41) is 5.82. The molecule has 0 bridgehead atoms. The molecule has 1 aromatic rings. The van der Waals surface area contributed by atoms with E-state index in [2.05, 4.69) is 22.8 Å². The summed E-state index contributed by atoms with van der Waals surface area (Å²) in [6.07, 6.45) is 3.73. The molecular formula is C17H28N2O3. The Kier molecular flexibility index (Phi) is 9.07. The average molecular weight is 308 g/mol. The van der Waals surface area contributed by atoms with Crippen LogP contribution < -0.4 is 15.4 Å². The number of rotatable bonds is 10. The maximum Gasteiger partial charge on any atom is 0.314 e. The molecule has 0 heterocycles. The molecule has 124 valence electrons. The molecule has 0 saturated carbocycles. The summed E-state index contributed by atoms with van der Waals surface area (Å²) in [5.74, 6) is 0.864. The number of nitrogens with one attached hydrogen (secondary N) is 2. The maximum atomic E-state index is 11.7. The average Bonchev–Trinajstić information content (AvgIpc) is 2.53. The van der Waals surface area contributed by atoms with Gasteiger partial charge < -0.3 is 20.1 Å². The van der Waals surface area contributed by atoms with Gasteiger partial charge >= 0.3 is 6.03 Å². The van der Waals surface area contributed by atoms with Crippen molar-refractivity contribution in [2.45, 2.75) is 38.6 Å². The van der Waals surface area contributed by atoms with Crippen molar-refractivity contribution in [1.82, 2.24) is 10.6 Å². The number of carbonyl (C=O) groups is 1. The van der Waals surface area contributed by atoms with Crippen molar-refractivity contribution in [1.29, 1.82) is 0 Å². The van der Waals surface area contributed by atoms with Crippen molar-refractivity contribution >= 4 is 6.03 Å². The zero-order chi connectivity index (χ0) is 16.2. The Bertz CT molecular complexity index is 420. The zero-order valence-electron chi connectivity index (χ0n) is 13.9. The summed E-state index contributed by atoms with van der Waals surface area (Å²) in [5.41, 5.74) is 1.24. The lowest BCUT2D eigenvalue weighted by Crippen LogP contribution is -2.41. The molecule has 0 aliphatic rings. The van der Waals surface area contributed by atoms with E-state index in [1.807, 2.05) is 19.1 Å². The number of benzene rings is 1. The van der Waals surface area contributed by atoms with Gasteiger partial charge in [0.15, 0.2) is 0 Å². The predicted molar refractivity (Wildman–Crippen MR) is 88.4 cm³/mol. The Labute approximate surface area is 133 Å². The standard InChI is InChI=1S/C17H28N2O3/c1-14(19-17(20)18-12-4-5-13-21-2)6-7-15-8-10-16(22-3)11-9-15/h8-11,14H,4-7,12-13H2,1-3H3,(H2,18,19,20). The molecule has 0 fully saturated rings. The molecule has 2 amide bonds. The van der Waals surface area contributed by atoms with Gasteiger partial charge in [-0.3, -0.25) is 0 Å². The molecule has 22 heavy (non-hydrogen) atoms. The summed E-state index contributed by atoms with van der Waals surface area (Å²) >= 11 is 0. The van der Waals surface area contributed by atoms with E-state index in [1.165, 1.54) is 5.56 Å². The highest BCUT2D eigenvalue weighted by Crippen LogP contribution is 2.13. The SMILES string of the molecule is COCCCCNC(=O)NC(C)CCc1ccc(OC)cc1. The summed E-state index contributed by atoms with van der Waals surface area (Å²) in [6.45, 7) is 3.44. The van der Waals surface area contributed by atoms with Crippen LogP contribution >= 0.6 is 0 Å². The van der Waals surface area contributed by atoms with E-state index in [0.717, 1.165) is 38.0 Å². The Morgan fingerprint density at radius 3 is 2.55 bits per heavy atom. The first-order valence-electron chi connectivity index (χ1n) is 7.82. The second-order valence-electron chi connectivity index (χ2n) is 5.39. The summed E-state index contributed by atoms with van der Waals surface area (Å²) in [4.78, 5) is 11.7. The Hall–Kier alpha value is -1.75. The third-order valence-electron chi connectivity index (χ3n) is 3.46. The predicted octanol–water partition coefficient (Wildman–Crippen LogP) is 2.74. The van der Waals surface area contributed by atoms with Crippen molar-refractivity contribution in [3.8, 4) is 5.75 Å². The van der Waals surface area contributed by atoms with Crippen LogP contribution in [-0.4, -0.2) is 39.4 Å². The van der Waals surface area contributed by atoms with Gasteiger partial charge in [0.1, 0.15) is 5.75 Å². The highest BCUT2D eigenvalue weighted by atomic mass is 16.5. The number of hydrogen-bond donors (Lipinski definition) is 2. The molecule has 0 saturated heterocycles. The number of methoxy groups -OCH3 is 2. The van der Waals surface area contributed by atoms with Gasteiger partial charge in [0, 0.05) is 26.3 Å². The van der Waals surface area contributed by atoms with Crippen molar-refractivity contribution in [2.24, 2.45) is 0 Å². The van der Waals surface area contributed by atoms with Crippen LogP contribution in [0.25, 0.3) is 0 Å². The zero-order valence-corrected chi connectivity index (χ0v) is 13.9. The summed E-state index contributed by atoms with van der Waals surface area (Å²) in [6, 6.07) is 8.07. The lowest BCUT2D eigenvalue weighted by atomic mass is 10.1. The molecular weight excluding hydrogens is 280 g/mol. The normalized spacial score (nSPS) is 11.8. The van der Waals surface area contributed by atoms with Crippen LogP contribution in [0.3, 0.4) is 0 Å². The van der Waals surface area contributed by atoms with E-state index in [9.17, 15) is 4.79 Å². The topological polar surface area (TPSA) is 59.6 Å². The summed E-state index contributed by atoms with van der Waals surface area (Å²) < 4.78 is 10.1. The Balaban J connectivity index is 2.16. The smallest absolute Gasteiger partial charge is 0.314 e. The minimum absolute atomic E-state index is 0.0975. The number of hydrogen-bond acceptors (Lipinski definition) is 3. The molecule has 5 heteroatoms. The molecule has 1 aromatic carbocycles. The highest BCUT2D eigenvalue weighted by Gasteiger charge is 2.07. The van der Waals surface area contributed by atoms with Crippen LogP contribution in [0.4, 0.5) is 4.79 Å². The van der Waals surface area contributed by atoms with Crippen molar-refractivity contribution in [3.05, 3.63) is 29.8 Å². The number of carbonyl (C=O) groups excluding carboxylic acids is 1. The number of urea groups is 1. The van der Waals surface area contributed by atoms with Gasteiger partial charge in [-0.05, 0) is 50.3 Å². The molecule has 5 nitrogen and oxygen atoms in total. The van der Waals surface area contributed by atoms with Gasteiger partial charge in [-0.2, -0.15) is 0 Å². The lowest BCUT2D eigenvalue weighted by molar-refractivity contribution is 0.192. The fourth-order valence-electron chi connectivity index (χ4n) is 2.10. The molecule has 0 aromatic heterocycles. The summed E-state index contributed by atoms with van der Waals surface area (Å²) in [7, 11) is 3.35. The minimum Gasteiger partial charge on any atom is -0.497 e. The van der Waals surface area contributed by atoms with E-state index in [0.29, 0.717) is 6.54 Å². The fourth-order valence-corrected chi connectivity index (χ4v) is 2.10. The fraction of sp³-hybridized carbons (Fsp3) is 0.588. The van der Waals surface area contributed by atoms with Gasteiger partial charge in [-0.25, -0.2) is 4.79 Å². The van der Waals surface area contributed by atoms with Crippen LogP contribution in [0.15, 0.2) is 24.3 Å². The third-order valence-corrected chi connectivity index (χ3v) is 3.46. The first-order chi connectivity index (χ1) is 10.7. The molecule has 1 rings (SSSR count). The molecule has 1 atom stereocenters. The molecule has 0 aliphatic carbocycles. The van der Waals surface area contributed by atoms with Gasteiger partial charge in [-0.1, -0.05) is 12.1 Å². The number of aryl methyl sites for hydroxylation is 1. The number of unbranched alkanes of at least 4 members (excludes halogenated alkanes) is 1. The van der Waals surface area contributed by atoms with E-state index < -0.39 is 0 Å². The monoisotopic (exact) mass is 308 g/mol. The van der Waals surface area contributed by atoms with Crippen LogP contribution in [0.1, 0.15) is 31.7 Å². The minimum atomic E-state index is -0.0975. The Morgan fingerprint density at radius 2 is 1.91 bits per heavy atom. The third kappa shape index (κ3) is 7.88. The van der Waals surface area contributed by atoms with Crippen molar-refractivity contribution in [3.63, 3.8) is 0 Å². The first kappa shape index (κ1) is 18.3. The number of ether oxygens (including phenoxy) is 2. The van der Waals surface area contributed by atoms with Crippen molar-refractivity contribution < 1.29 is 14.3 Å². The van der Waals surface area contributed by atoms with Crippen molar-refractivity contribution in [2.75, 3.05) is 27.4 Å². The first-order valence-corrected chi connectivity index (χ1v) is 7.82. The second kappa shape index (κ2) is 10.9. The largest absolute Gasteiger partial charge is 0.497 e.